The molecule has 1 fully saturated rings. The summed E-state index contributed by atoms with van der Waals surface area (Å²) in [6, 6.07) is 3.61. The molecule has 1 saturated heterocycles. The van der Waals surface area contributed by atoms with Gasteiger partial charge in [0.15, 0.2) is 0 Å². The number of nitrogens with zero attached hydrogens (tertiary/aromatic N) is 2. The van der Waals surface area contributed by atoms with Gasteiger partial charge in [0.25, 0.3) is 0 Å². The van der Waals surface area contributed by atoms with Crippen molar-refractivity contribution >= 4 is 0 Å². The molecule has 1 aliphatic rings. The van der Waals surface area contributed by atoms with Crippen LogP contribution in [0.1, 0.15) is 18.5 Å². The lowest BCUT2D eigenvalue weighted by atomic mass is 10.1. The highest BCUT2D eigenvalue weighted by atomic mass is 16.3. The molecule has 0 spiro atoms. The van der Waals surface area contributed by atoms with E-state index in [1.54, 1.807) is 6.07 Å². The number of rotatable bonds is 5. The van der Waals surface area contributed by atoms with Crippen LogP contribution in [0.4, 0.5) is 0 Å². The highest BCUT2D eigenvalue weighted by Gasteiger charge is 2.08. The molecule has 2 rings (SSSR count). The van der Waals surface area contributed by atoms with E-state index in [9.17, 15) is 0 Å². The number of hydrogen-bond acceptors (Lipinski definition) is 4. The molecule has 0 unspecified atom stereocenters. The van der Waals surface area contributed by atoms with E-state index < -0.39 is 0 Å². The molecule has 0 bridgehead atoms. The monoisotopic (exact) mass is 235 g/mol. The minimum atomic E-state index is 0.245. The van der Waals surface area contributed by atoms with Crippen LogP contribution in [0.15, 0.2) is 18.3 Å². The van der Waals surface area contributed by atoms with E-state index in [1.165, 1.54) is 38.7 Å². The van der Waals surface area contributed by atoms with Crippen LogP contribution >= 0.6 is 0 Å². The van der Waals surface area contributed by atoms with E-state index in [0.29, 0.717) is 0 Å². The average Bonchev–Trinajstić information content (AvgIpc) is 2.38. The Hall–Kier alpha value is -1.13. The van der Waals surface area contributed by atoms with Gasteiger partial charge >= 0.3 is 0 Å². The summed E-state index contributed by atoms with van der Waals surface area (Å²) in [6.07, 6.45) is 4.92. The summed E-state index contributed by atoms with van der Waals surface area (Å²) in [7, 11) is 0. The Labute approximate surface area is 103 Å². The highest BCUT2D eigenvalue weighted by molar-refractivity contribution is 5.17. The smallest absolute Gasteiger partial charge is 0.133 e. The van der Waals surface area contributed by atoms with Gasteiger partial charge < -0.3 is 15.3 Å². The molecule has 94 valence electrons. The van der Waals surface area contributed by atoms with Crippen LogP contribution in [0.5, 0.6) is 5.75 Å². The van der Waals surface area contributed by atoms with Crippen molar-refractivity contribution in [3.8, 4) is 5.75 Å². The summed E-state index contributed by atoms with van der Waals surface area (Å²) in [5.41, 5.74) is 1.07. The molecule has 4 nitrogen and oxygen atoms in total. The lowest BCUT2D eigenvalue weighted by Crippen LogP contribution is -2.43. The van der Waals surface area contributed by atoms with Crippen molar-refractivity contribution in [1.29, 1.82) is 0 Å². The molecule has 2 heterocycles. The third-order valence-corrected chi connectivity index (χ3v) is 3.18. The average molecular weight is 235 g/mol. The molecular formula is C13H21N3O. The molecule has 1 aliphatic heterocycles. The third-order valence-electron chi connectivity index (χ3n) is 3.18. The Morgan fingerprint density at radius 3 is 2.76 bits per heavy atom. The third kappa shape index (κ3) is 4.32. The molecule has 4 heteroatoms. The lowest BCUT2D eigenvalue weighted by Gasteiger charge is -2.26. The molecule has 2 N–H and O–H groups in total. The standard InChI is InChI=1S/C13H21N3O/c17-13-5-4-12(15-11-13)3-1-2-8-16-9-6-14-7-10-16/h4-5,11,14,17H,1-3,6-10H2. The van der Waals surface area contributed by atoms with Gasteiger partial charge in [0.2, 0.25) is 0 Å². The second kappa shape index (κ2) is 6.57. The first-order valence-electron chi connectivity index (χ1n) is 6.41. The van der Waals surface area contributed by atoms with Crippen LogP contribution < -0.4 is 5.32 Å². The van der Waals surface area contributed by atoms with Crippen molar-refractivity contribution in [2.75, 3.05) is 32.7 Å². The van der Waals surface area contributed by atoms with Gasteiger partial charge in [-0.1, -0.05) is 0 Å². The molecule has 1 aromatic rings. The van der Waals surface area contributed by atoms with E-state index >= 15 is 0 Å². The SMILES string of the molecule is Oc1ccc(CCCCN2CCNCC2)nc1. The highest BCUT2D eigenvalue weighted by Crippen LogP contribution is 2.08. The second-order valence-corrected chi connectivity index (χ2v) is 4.56. The fourth-order valence-corrected chi connectivity index (χ4v) is 2.14. The van der Waals surface area contributed by atoms with E-state index in [0.717, 1.165) is 25.2 Å². The minimum absolute atomic E-state index is 0.245. The minimum Gasteiger partial charge on any atom is -0.506 e. The number of piperazine rings is 1. The first-order chi connectivity index (χ1) is 8.34. The van der Waals surface area contributed by atoms with Gasteiger partial charge in [0, 0.05) is 31.9 Å². The molecule has 0 aliphatic carbocycles. The molecule has 0 radical (unpaired) electrons. The van der Waals surface area contributed by atoms with E-state index in [-0.39, 0.29) is 5.75 Å². The van der Waals surface area contributed by atoms with Crippen molar-refractivity contribution in [2.45, 2.75) is 19.3 Å². The summed E-state index contributed by atoms with van der Waals surface area (Å²) in [5.74, 6) is 0.245. The number of unbranched alkanes of at least 4 members (excludes halogenated alkanes) is 1. The van der Waals surface area contributed by atoms with Crippen molar-refractivity contribution in [2.24, 2.45) is 0 Å². The number of nitrogens with one attached hydrogen (secondary N) is 1. The van der Waals surface area contributed by atoms with Gasteiger partial charge in [-0.25, -0.2) is 0 Å². The van der Waals surface area contributed by atoms with Gasteiger partial charge in [0.05, 0.1) is 6.20 Å². The number of hydrogen-bond donors (Lipinski definition) is 2. The topological polar surface area (TPSA) is 48.4 Å². The zero-order valence-electron chi connectivity index (χ0n) is 10.2. The normalized spacial score (nSPS) is 17.2. The van der Waals surface area contributed by atoms with Crippen LogP contribution in [-0.4, -0.2) is 47.7 Å². The van der Waals surface area contributed by atoms with Gasteiger partial charge in [0.1, 0.15) is 5.75 Å². The Balaban J connectivity index is 1.60. The zero-order chi connectivity index (χ0) is 11.9. The van der Waals surface area contributed by atoms with E-state index in [1.807, 2.05) is 6.07 Å². The summed E-state index contributed by atoms with van der Waals surface area (Å²) in [6.45, 7) is 5.80. The molecule has 0 atom stereocenters. The predicted molar refractivity (Wildman–Crippen MR) is 68.1 cm³/mol. The van der Waals surface area contributed by atoms with E-state index in [4.69, 9.17) is 5.11 Å². The molecular weight excluding hydrogens is 214 g/mol. The Morgan fingerprint density at radius 1 is 1.24 bits per heavy atom. The van der Waals surface area contributed by atoms with Gasteiger partial charge in [-0.3, -0.25) is 4.98 Å². The fraction of sp³-hybridized carbons (Fsp3) is 0.615. The van der Waals surface area contributed by atoms with Crippen LogP contribution in [0.2, 0.25) is 0 Å². The largest absolute Gasteiger partial charge is 0.506 e. The fourth-order valence-electron chi connectivity index (χ4n) is 2.14. The summed E-state index contributed by atoms with van der Waals surface area (Å²) in [5, 5.41) is 12.5. The van der Waals surface area contributed by atoms with E-state index in [2.05, 4.69) is 15.2 Å². The van der Waals surface area contributed by atoms with Crippen LogP contribution in [0, 0.1) is 0 Å². The van der Waals surface area contributed by atoms with Crippen molar-refractivity contribution < 1.29 is 5.11 Å². The summed E-state index contributed by atoms with van der Waals surface area (Å²) in [4.78, 5) is 6.70. The van der Waals surface area contributed by atoms with Crippen LogP contribution in [-0.2, 0) is 6.42 Å². The first kappa shape index (κ1) is 12.3. The van der Waals surface area contributed by atoms with Crippen molar-refractivity contribution in [1.82, 2.24) is 15.2 Å². The molecule has 0 saturated carbocycles. The van der Waals surface area contributed by atoms with Gasteiger partial charge in [-0.05, 0) is 37.9 Å². The molecule has 1 aromatic heterocycles. The lowest BCUT2D eigenvalue weighted by molar-refractivity contribution is 0.237. The summed E-state index contributed by atoms with van der Waals surface area (Å²) >= 11 is 0. The number of pyridine rings is 1. The number of aryl methyl sites for hydroxylation is 1. The Kier molecular flexibility index (Phi) is 4.76. The van der Waals surface area contributed by atoms with Crippen molar-refractivity contribution in [3.63, 3.8) is 0 Å². The molecule has 0 aromatic carbocycles. The van der Waals surface area contributed by atoms with Gasteiger partial charge in [-0.15, -0.1) is 0 Å². The molecule has 0 amide bonds. The number of aromatic nitrogens is 1. The van der Waals surface area contributed by atoms with Gasteiger partial charge in [-0.2, -0.15) is 0 Å². The second-order valence-electron chi connectivity index (χ2n) is 4.56. The Bertz CT molecular complexity index is 320. The molecule has 17 heavy (non-hydrogen) atoms. The number of aromatic hydroxyl groups is 1. The predicted octanol–water partition coefficient (Wildman–Crippen LogP) is 1.02. The van der Waals surface area contributed by atoms with Crippen LogP contribution in [0.25, 0.3) is 0 Å². The maximum atomic E-state index is 9.12. The maximum absolute atomic E-state index is 9.12. The zero-order valence-corrected chi connectivity index (χ0v) is 10.2. The van der Waals surface area contributed by atoms with Crippen LogP contribution in [0.3, 0.4) is 0 Å². The summed E-state index contributed by atoms with van der Waals surface area (Å²) < 4.78 is 0. The Morgan fingerprint density at radius 2 is 2.06 bits per heavy atom. The first-order valence-corrected chi connectivity index (χ1v) is 6.41. The van der Waals surface area contributed by atoms with Crippen molar-refractivity contribution in [3.05, 3.63) is 24.0 Å². The maximum Gasteiger partial charge on any atom is 0.133 e. The quantitative estimate of drug-likeness (QED) is 0.748.